The number of esters is 1. The third-order valence-corrected chi connectivity index (χ3v) is 8.18. The van der Waals surface area contributed by atoms with Crippen LogP contribution in [0, 0.1) is 23.7 Å². The summed E-state index contributed by atoms with van der Waals surface area (Å²) in [6.45, 7) is 8.98. The molecule has 0 N–H and O–H groups in total. The minimum Gasteiger partial charge on any atom is -0.497 e. The third-order valence-electron chi connectivity index (χ3n) is 8.18. The molecule has 6 atom stereocenters. The lowest BCUT2D eigenvalue weighted by Crippen LogP contribution is -2.46. The SMILES string of the molecule is CCOC(=O)[C@H]1C(c2ccc(OC)cc2)=NO[C@@H](O[C@H]2C[C@@H](C)CC[C@@H]2C(C)C)[C@@H]1c1ccc2c(c1)OCO2. The lowest BCUT2D eigenvalue weighted by atomic mass is 9.75. The number of fused-ring (bicyclic) bond motifs is 1. The zero-order valence-corrected chi connectivity index (χ0v) is 23.4. The molecule has 8 heteroatoms. The summed E-state index contributed by atoms with van der Waals surface area (Å²) in [5, 5.41) is 4.52. The molecular weight excluding hydrogens is 498 g/mol. The zero-order valence-electron chi connectivity index (χ0n) is 23.4. The molecule has 210 valence electrons. The Hall–Kier alpha value is -3.26. The van der Waals surface area contributed by atoms with Crippen LogP contribution in [0.2, 0.25) is 0 Å². The van der Waals surface area contributed by atoms with Crippen LogP contribution in [0.3, 0.4) is 0 Å². The van der Waals surface area contributed by atoms with Crippen LogP contribution < -0.4 is 14.2 Å². The van der Waals surface area contributed by atoms with Gasteiger partial charge in [0.25, 0.3) is 0 Å². The molecule has 2 aromatic rings. The van der Waals surface area contributed by atoms with Gasteiger partial charge in [-0.1, -0.05) is 38.4 Å². The summed E-state index contributed by atoms with van der Waals surface area (Å²) < 4.78 is 29.0. The van der Waals surface area contributed by atoms with E-state index < -0.39 is 18.1 Å². The van der Waals surface area contributed by atoms with E-state index in [0.29, 0.717) is 40.7 Å². The van der Waals surface area contributed by atoms with E-state index in [-0.39, 0.29) is 25.5 Å². The summed E-state index contributed by atoms with van der Waals surface area (Å²) >= 11 is 0. The first-order valence-corrected chi connectivity index (χ1v) is 14.0. The van der Waals surface area contributed by atoms with Gasteiger partial charge in [0.1, 0.15) is 17.4 Å². The quantitative estimate of drug-likeness (QED) is 0.386. The topological polar surface area (TPSA) is 84.8 Å². The molecule has 0 saturated heterocycles. The average Bonchev–Trinajstić information content (AvgIpc) is 3.41. The molecule has 0 bridgehead atoms. The Balaban J connectivity index is 1.58. The molecule has 1 aliphatic carbocycles. The monoisotopic (exact) mass is 537 g/mol. The number of oxime groups is 1. The zero-order chi connectivity index (χ0) is 27.5. The van der Waals surface area contributed by atoms with Crippen LogP contribution in [-0.2, 0) is 19.1 Å². The maximum atomic E-state index is 13.7. The van der Waals surface area contributed by atoms with Crippen LogP contribution in [-0.4, -0.2) is 44.6 Å². The Kier molecular flexibility index (Phi) is 8.31. The van der Waals surface area contributed by atoms with Crippen molar-refractivity contribution in [2.75, 3.05) is 20.5 Å². The van der Waals surface area contributed by atoms with E-state index in [1.807, 2.05) is 49.4 Å². The molecule has 0 spiro atoms. The highest BCUT2D eigenvalue weighted by Gasteiger charge is 2.48. The first-order valence-electron chi connectivity index (χ1n) is 14.0. The number of hydrogen-bond donors (Lipinski definition) is 0. The molecular formula is C31H39NO7. The Labute approximate surface area is 230 Å². The minimum absolute atomic E-state index is 0.00385. The van der Waals surface area contributed by atoms with E-state index >= 15 is 0 Å². The second-order valence-electron chi connectivity index (χ2n) is 11.0. The molecule has 39 heavy (non-hydrogen) atoms. The highest BCUT2D eigenvalue weighted by atomic mass is 16.8. The van der Waals surface area contributed by atoms with Gasteiger partial charge in [-0.05, 0) is 79.5 Å². The third kappa shape index (κ3) is 5.71. The molecule has 2 aromatic carbocycles. The summed E-state index contributed by atoms with van der Waals surface area (Å²) in [6, 6.07) is 13.2. The Morgan fingerprint density at radius 3 is 2.56 bits per heavy atom. The molecule has 0 radical (unpaired) electrons. The van der Waals surface area contributed by atoms with E-state index in [4.69, 9.17) is 28.5 Å². The molecule has 2 aliphatic heterocycles. The number of carbonyl (C=O) groups is 1. The fourth-order valence-electron chi connectivity index (χ4n) is 6.07. The predicted molar refractivity (Wildman–Crippen MR) is 146 cm³/mol. The highest BCUT2D eigenvalue weighted by molar-refractivity contribution is 6.12. The van der Waals surface area contributed by atoms with Gasteiger partial charge in [0.2, 0.25) is 13.1 Å². The van der Waals surface area contributed by atoms with Gasteiger partial charge in [-0.3, -0.25) is 4.79 Å². The lowest BCUT2D eigenvalue weighted by molar-refractivity contribution is -0.218. The number of nitrogens with zero attached hydrogens (tertiary/aromatic N) is 1. The predicted octanol–water partition coefficient (Wildman–Crippen LogP) is 5.92. The normalized spacial score (nSPS) is 28.0. The largest absolute Gasteiger partial charge is 0.497 e. The van der Waals surface area contributed by atoms with E-state index in [9.17, 15) is 4.79 Å². The van der Waals surface area contributed by atoms with Crippen molar-refractivity contribution in [1.29, 1.82) is 0 Å². The Morgan fingerprint density at radius 2 is 1.85 bits per heavy atom. The number of rotatable bonds is 8. The van der Waals surface area contributed by atoms with E-state index in [0.717, 1.165) is 24.0 Å². The fraction of sp³-hybridized carbons (Fsp3) is 0.548. The summed E-state index contributed by atoms with van der Waals surface area (Å²) in [5.74, 6) is 1.79. The number of methoxy groups -OCH3 is 1. The molecule has 0 amide bonds. The number of carbonyl (C=O) groups excluding carboxylic acids is 1. The smallest absolute Gasteiger partial charge is 0.316 e. The Morgan fingerprint density at radius 1 is 1.08 bits per heavy atom. The molecule has 8 nitrogen and oxygen atoms in total. The van der Waals surface area contributed by atoms with Crippen LogP contribution in [0.15, 0.2) is 47.6 Å². The van der Waals surface area contributed by atoms with Crippen molar-refractivity contribution in [3.63, 3.8) is 0 Å². The van der Waals surface area contributed by atoms with Gasteiger partial charge in [-0.2, -0.15) is 0 Å². The first kappa shape index (κ1) is 27.3. The van der Waals surface area contributed by atoms with Gasteiger partial charge in [-0.25, -0.2) is 0 Å². The van der Waals surface area contributed by atoms with E-state index in [1.165, 1.54) is 6.42 Å². The second kappa shape index (κ2) is 11.9. The first-order chi connectivity index (χ1) is 18.9. The van der Waals surface area contributed by atoms with Crippen LogP contribution in [0.1, 0.15) is 64.0 Å². The van der Waals surface area contributed by atoms with Gasteiger partial charge < -0.3 is 28.5 Å². The maximum Gasteiger partial charge on any atom is 0.316 e. The van der Waals surface area contributed by atoms with Gasteiger partial charge in [0, 0.05) is 5.56 Å². The lowest BCUT2D eigenvalue weighted by Gasteiger charge is -2.42. The molecule has 0 aromatic heterocycles. The standard InChI is InChI=1S/C31H39NO7/c1-6-35-30(33)28-27(21-10-14-24-26(16-21)37-17-36-24)31(38-25-15-19(4)7-13-23(25)18(2)3)39-32-29(28)20-8-11-22(34-5)12-9-20/h8-12,14,16,18-19,23,25,27-28,31H,6-7,13,15,17H2,1-5H3/t19-,23+,25-,27+,28+,31+/m0/s1. The summed E-state index contributed by atoms with van der Waals surface area (Å²) in [7, 11) is 1.62. The molecule has 1 saturated carbocycles. The van der Waals surface area contributed by atoms with Gasteiger partial charge in [-0.15, -0.1) is 0 Å². The van der Waals surface area contributed by atoms with Crippen molar-refractivity contribution in [3.05, 3.63) is 53.6 Å². The van der Waals surface area contributed by atoms with E-state index in [2.05, 4.69) is 25.9 Å². The summed E-state index contributed by atoms with van der Waals surface area (Å²) in [6.07, 6.45) is 2.45. The molecule has 2 heterocycles. The van der Waals surface area contributed by atoms with Gasteiger partial charge in [0.15, 0.2) is 11.5 Å². The van der Waals surface area contributed by atoms with Crippen LogP contribution >= 0.6 is 0 Å². The summed E-state index contributed by atoms with van der Waals surface area (Å²) in [4.78, 5) is 19.9. The summed E-state index contributed by atoms with van der Waals surface area (Å²) in [5.41, 5.74) is 2.09. The van der Waals surface area contributed by atoms with E-state index in [1.54, 1.807) is 7.11 Å². The number of benzene rings is 2. The van der Waals surface area contributed by atoms with Crippen molar-refractivity contribution in [2.24, 2.45) is 28.8 Å². The highest BCUT2D eigenvalue weighted by Crippen LogP contribution is 2.44. The Bertz CT molecular complexity index is 1180. The second-order valence-corrected chi connectivity index (χ2v) is 11.0. The van der Waals surface area contributed by atoms with Gasteiger partial charge >= 0.3 is 5.97 Å². The molecule has 3 aliphatic rings. The van der Waals surface area contributed by atoms with Crippen molar-refractivity contribution < 1.29 is 33.3 Å². The van der Waals surface area contributed by atoms with Gasteiger partial charge in [0.05, 0.1) is 25.7 Å². The fourth-order valence-corrected chi connectivity index (χ4v) is 6.07. The number of ether oxygens (including phenoxy) is 5. The minimum atomic E-state index is -0.779. The van der Waals surface area contributed by atoms with Crippen LogP contribution in [0.25, 0.3) is 0 Å². The average molecular weight is 538 g/mol. The van der Waals surface area contributed by atoms with Crippen molar-refractivity contribution >= 4 is 11.7 Å². The van der Waals surface area contributed by atoms with Crippen molar-refractivity contribution in [2.45, 2.75) is 65.3 Å². The van der Waals surface area contributed by atoms with Crippen molar-refractivity contribution in [3.8, 4) is 17.2 Å². The maximum absolute atomic E-state index is 13.7. The molecule has 1 fully saturated rings. The van der Waals surface area contributed by atoms with Crippen LogP contribution in [0.5, 0.6) is 17.2 Å². The van der Waals surface area contributed by atoms with Crippen molar-refractivity contribution in [1.82, 2.24) is 0 Å². The molecule has 0 unspecified atom stereocenters. The van der Waals surface area contributed by atoms with Crippen LogP contribution in [0.4, 0.5) is 0 Å². The molecule has 5 rings (SSSR count). The number of hydrogen-bond acceptors (Lipinski definition) is 8.